The Bertz CT molecular complexity index is 640. The number of benzene rings is 1. The maximum Gasteiger partial charge on any atom is 0.246 e. The highest BCUT2D eigenvalue weighted by molar-refractivity contribution is 9.10. The number of carbonyl (C=O) groups is 2. The molecule has 1 heterocycles. The third-order valence-electron chi connectivity index (χ3n) is 5.15. The number of halogens is 1. The van der Waals surface area contributed by atoms with E-state index in [4.69, 9.17) is 0 Å². The molecule has 0 radical (unpaired) electrons. The van der Waals surface area contributed by atoms with E-state index >= 15 is 0 Å². The van der Waals surface area contributed by atoms with Gasteiger partial charge >= 0.3 is 0 Å². The van der Waals surface area contributed by atoms with Gasteiger partial charge in [-0.05, 0) is 56.9 Å². The number of carbonyl (C=O) groups excluding carboxylic acids is 2. The third-order valence-corrected chi connectivity index (χ3v) is 6.04. The van der Waals surface area contributed by atoms with E-state index in [1.165, 1.54) is 12.8 Å². The van der Waals surface area contributed by atoms with Crippen LogP contribution in [0.25, 0.3) is 0 Å². The Hall–Kier alpha value is -1.36. The molecule has 1 aromatic carbocycles. The van der Waals surface area contributed by atoms with Gasteiger partial charge in [-0.2, -0.15) is 0 Å². The largest absolute Gasteiger partial charge is 0.351 e. The Labute approximate surface area is 145 Å². The van der Waals surface area contributed by atoms with Gasteiger partial charge in [-0.1, -0.05) is 28.8 Å². The Kier molecular flexibility index (Phi) is 4.50. The Morgan fingerprint density at radius 2 is 2.04 bits per heavy atom. The lowest BCUT2D eigenvalue weighted by Crippen LogP contribution is -2.56. The minimum atomic E-state index is -0.792. The van der Waals surface area contributed by atoms with Crippen LogP contribution in [0.1, 0.15) is 51.0 Å². The summed E-state index contributed by atoms with van der Waals surface area (Å²) in [6.45, 7) is 3.88. The van der Waals surface area contributed by atoms with Gasteiger partial charge in [0.15, 0.2) is 0 Å². The number of anilines is 1. The van der Waals surface area contributed by atoms with Gasteiger partial charge in [0.2, 0.25) is 11.8 Å². The summed E-state index contributed by atoms with van der Waals surface area (Å²) in [7, 11) is 0. The number of hydrogen-bond acceptors (Lipinski definition) is 2. The molecule has 4 nitrogen and oxygen atoms in total. The van der Waals surface area contributed by atoms with E-state index < -0.39 is 5.54 Å². The summed E-state index contributed by atoms with van der Waals surface area (Å²) >= 11 is 3.49. The summed E-state index contributed by atoms with van der Waals surface area (Å²) in [5, 5.41) is 3.17. The molecule has 0 aromatic heterocycles. The van der Waals surface area contributed by atoms with Crippen molar-refractivity contribution in [3.63, 3.8) is 0 Å². The highest BCUT2D eigenvalue weighted by Gasteiger charge is 2.48. The van der Waals surface area contributed by atoms with Crippen LogP contribution in [0.4, 0.5) is 5.69 Å². The van der Waals surface area contributed by atoms with E-state index in [0.717, 1.165) is 28.6 Å². The minimum absolute atomic E-state index is 0.0178. The average molecular weight is 379 g/mol. The average Bonchev–Trinajstić information content (AvgIpc) is 3.11. The van der Waals surface area contributed by atoms with E-state index in [1.54, 1.807) is 4.90 Å². The smallest absolute Gasteiger partial charge is 0.246 e. The van der Waals surface area contributed by atoms with E-state index in [1.807, 2.05) is 32.0 Å². The molecule has 2 fully saturated rings. The molecule has 3 rings (SSSR count). The highest BCUT2D eigenvalue weighted by Crippen LogP contribution is 2.37. The van der Waals surface area contributed by atoms with Crippen LogP contribution in [0.2, 0.25) is 0 Å². The van der Waals surface area contributed by atoms with Crippen LogP contribution in [0.15, 0.2) is 22.7 Å². The van der Waals surface area contributed by atoms with Crippen LogP contribution in [0.3, 0.4) is 0 Å². The fraction of sp³-hybridized carbons (Fsp3) is 0.556. The maximum absolute atomic E-state index is 12.9. The molecule has 2 amide bonds. The monoisotopic (exact) mass is 378 g/mol. The van der Waals surface area contributed by atoms with Gasteiger partial charge in [0.1, 0.15) is 5.54 Å². The standard InChI is InChI=1S/C18H23BrN2O2/c1-12-11-14(7-8-15(12)19)21-16(22)9-10-18(21,2)17(23)20-13-5-3-4-6-13/h7-8,11,13H,3-6,9-10H2,1-2H3,(H,20,23). The summed E-state index contributed by atoms with van der Waals surface area (Å²) in [5.41, 5.74) is 1.07. The van der Waals surface area contributed by atoms with Crippen LogP contribution in [-0.2, 0) is 9.59 Å². The van der Waals surface area contributed by atoms with Crippen LogP contribution >= 0.6 is 15.9 Å². The van der Waals surface area contributed by atoms with Crippen molar-refractivity contribution in [1.29, 1.82) is 0 Å². The molecule has 124 valence electrons. The minimum Gasteiger partial charge on any atom is -0.351 e. The molecule has 1 aliphatic carbocycles. The molecule has 1 unspecified atom stereocenters. The Balaban J connectivity index is 1.88. The number of amides is 2. The molecule has 1 N–H and O–H groups in total. The fourth-order valence-corrected chi connectivity index (χ4v) is 3.92. The van der Waals surface area contributed by atoms with Crippen molar-refractivity contribution in [3.8, 4) is 0 Å². The molecule has 0 bridgehead atoms. The molecular formula is C18H23BrN2O2. The molecule has 1 saturated heterocycles. The maximum atomic E-state index is 12.9. The first-order valence-corrected chi connectivity index (χ1v) is 9.11. The topological polar surface area (TPSA) is 49.4 Å². The zero-order valence-corrected chi connectivity index (χ0v) is 15.3. The summed E-state index contributed by atoms with van der Waals surface area (Å²) < 4.78 is 1.00. The van der Waals surface area contributed by atoms with E-state index in [0.29, 0.717) is 12.8 Å². The van der Waals surface area contributed by atoms with Crippen molar-refractivity contribution in [2.24, 2.45) is 0 Å². The second kappa shape index (κ2) is 6.27. The van der Waals surface area contributed by atoms with Crippen LogP contribution in [-0.4, -0.2) is 23.4 Å². The second-order valence-corrected chi connectivity index (χ2v) is 7.75. The predicted molar refractivity (Wildman–Crippen MR) is 94.4 cm³/mol. The van der Waals surface area contributed by atoms with Crippen molar-refractivity contribution in [3.05, 3.63) is 28.2 Å². The zero-order chi connectivity index (χ0) is 16.6. The fourth-order valence-electron chi connectivity index (χ4n) is 3.67. The predicted octanol–water partition coefficient (Wildman–Crippen LogP) is 3.70. The van der Waals surface area contributed by atoms with E-state index in [9.17, 15) is 9.59 Å². The van der Waals surface area contributed by atoms with Crippen molar-refractivity contribution >= 4 is 33.4 Å². The highest BCUT2D eigenvalue weighted by atomic mass is 79.9. The second-order valence-electron chi connectivity index (χ2n) is 6.89. The Morgan fingerprint density at radius 3 is 2.70 bits per heavy atom. The van der Waals surface area contributed by atoms with Gasteiger partial charge in [0.05, 0.1) is 0 Å². The summed E-state index contributed by atoms with van der Waals surface area (Å²) in [4.78, 5) is 27.0. The quantitative estimate of drug-likeness (QED) is 0.871. The van der Waals surface area contributed by atoms with Gasteiger partial charge in [-0.15, -0.1) is 0 Å². The van der Waals surface area contributed by atoms with Crippen LogP contribution in [0, 0.1) is 6.92 Å². The first kappa shape index (κ1) is 16.5. The van der Waals surface area contributed by atoms with Gasteiger partial charge in [0.25, 0.3) is 0 Å². The number of hydrogen-bond donors (Lipinski definition) is 1. The summed E-state index contributed by atoms with van der Waals surface area (Å²) in [6, 6.07) is 6.07. The molecule has 1 atom stereocenters. The normalized spacial score (nSPS) is 25.2. The molecular weight excluding hydrogens is 356 g/mol. The lowest BCUT2D eigenvalue weighted by Gasteiger charge is -2.35. The van der Waals surface area contributed by atoms with Crippen molar-refractivity contribution in [2.75, 3.05) is 4.90 Å². The van der Waals surface area contributed by atoms with E-state index in [-0.39, 0.29) is 17.9 Å². The molecule has 2 aliphatic rings. The van der Waals surface area contributed by atoms with Gasteiger partial charge in [0, 0.05) is 22.6 Å². The third kappa shape index (κ3) is 3.03. The number of nitrogens with zero attached hydrogens (tertiary/aromatic N) is 1. The molecule has 5 heteroatoms. The number of aryl methyl sites for hydroxylation is 1. The molecule has 0 spiro atoms. The zero-order valence-electron chi connectivity index (χ0n) is 13.7. The molecule has 1 aliphatic heterocycles. The number of rotatable bonds is 3. The molecule has 1 aromatic rings. The first-order chi connectivity index (χ1) is 10.9. The van der Waals surface area contributed by atoms with Gasteiger partial charge in [-0.25, -0.2) is 0 Å². The lowest BCUT2D eigenvalue weighted by molar-refractivity contribution is -0.127. The van der Waals surface area contributed by atoms with Crippen molar-refractivity contribution in [2.45, 2.75) is 64.0 Å². The first-order valence-electron chi connectivity index (χ1n) is 8.32. The van der Waals surface area contributed by atoms with Crippen LogP contribution in [0.5, 0.6) is 0 Å². The molecule has 23 heavy (non-hydrogen) atoms. The van der Waals surface area contributed by atoms with Crippen LogP contribution < -0.4 is 10.2 Å². The van der Waals surface area contributed by atoms with E-state index in [2.05, 4.69) is 21.2 Å². The number of nitrogens with one attached hydrogen (secondary N) is 1. The SMILES string of the molecule is Cc1cc(N2C(=O)CCC2(C)C(=O)NC2CCCC2)ccc1Br. The molecule has 1 saturated carbocycles. The van der Waals surface area contributed by atoms with Gasteiger partial charge in [-0.3, -0.25) is 14.5 Å². The Morgan fingerprint density at radius 1 is 1.35 bits per heavy atom. The van der Waals surface area contributed by atoms with Crippen molar-refractivity contribution < 1.29 is 9.59 Å². The summed E-state index contributed by atoms with van der Waals surface area (Å²) in [6.07, 6.45) is 5.44. The van der Waals surface area contributed by atoms with Gasteiger partial charge < -0.3 is 5.32 Å². The van der Waals surface area contributed by atoms with Crippen molar-refractivity contribution in [1.82, 2.24) is 5.32 Å². The lowest BCUT2D eigenvalue weighted by atomic mass is 9.96. The summed E-state index contributed by atoms with van der Waals surface area (Å²) in [5.74, 6) is 0.00613.